The summed E-state index contributed by atoms with van der Waals surface area (Å²) in [7, 11) is 2.97. The Morgan fingerprint density at radius 1 is 0.854 bits per heavy atom. The van der Waals surface area contributed by atoms with E-state index >= 15 is 8.78 Å². The number of amides is 4. The molecule has 4 atom stereocenters. The summed E-state index contributed by atoms with van der Waals surface area (Å²) in [6.07, 6.45) is 7.60. The molecule has 0 aliphatic carbocycles. The lowest BCUT2D eigenvalue weighted by Gasteiger charge is -2.37. The van der Waals surface area contributed by atoms with Crippen LogP contribution in [-0.4, -0.2) is 102 Å². The molecule has 5 aromatic carbocycles. The summed E-state index contributed by atoms with van der Waals surface area (Å²) in [5, 5.41) is 26.9. The molecule has 2 aromatic heterocycles. The third-order valence-corrected chi connectivity index (χ3v) is 16.8. The molecule has 9 rings (SSSR count). The first kappa shape index (κ1) is 64.6. The molecule has 0 radical (unpaired) electrons. The number of hydrogen-bond donors (Lipinski definition) is 5. The lowest BCUT2D eigenvalue weighted by atomic mass is 9.62. The quantitative estimate of drug-likeness (QED) is 0.0315. The van der Waals surface area contributed by atoms with Gasteiger partial charge in [0.2, 0.25) is 23.7 Å². The molecule has 0 saturated carbocycles. The molecule has 4 heterocycles. The molecule has 4 unspecified atom stereocenters. The Labute approximate surface area is 525 Å². The first-order chi connectivity index (χ1) is 42.7. The molecule has 2 fully saturated rings. The SMILES string of the molecule is C=CC(=O)Nc1cccc(-n2c(=O)cc(C)c3cnc(Nc4ccc(N5CCN(C(=O)CCCCCCCNC(=O)c6ccc(NC(=O)C7NC(CC(C)(C)C)C(C#N)(c8ccc(Cl)cc8F)C7c7cccc(Cl)c7F)c(OC)c6)CC5)cc4OC)nc32)c1. The Balaban J connectivity index is 0.734. The number of methoxy groups -OCH3 is 2. The average Bonchev–Trinajstić information content (AvgIpc) is 1.62. The maximum absolute atomic E-state index is 16.2. The van der Waals surface area contributed by atoms with Gasteiger partial charge in [0.15, 0.2) is 5.65 Å². The zero-order valence-electron chi connectivity index (χ0n) is 50.4. The van der Waals surface area contributed by atoms with Crippen molar-refractivity contribution in [3.63, 3.8) is 0 Å². The molecule has 0 spiro atoms. The van der Waals surface area contributed by atoms with Gasteiger partial charge in [-0.2, -0.15) is 10.2 Å². The van der Waals surface area contributed by atoms with E-state index in [9.17, 15) is 29.2 Å². The molecule has 89 heavy (non-hydrogen) atoms. The van der Waals surface area contributed by atoms with E-state index in [1.165, 1.54) is 66.3 Å². The van der Waals surface area contributed by atoms with E-state index in [0.29, 0.717) is 91.4 Å². The summed E-state index contributed by atoms with van der Waals surface area (Å²) in [6.45, 7) is 14.0. The van der Waals surface area contributed by atoms with Gasteiger partial charge in [0.1, 0.15) is 28.5 Å². The van der Waals surface area contributed by atoms with Crippen LogP contribution in [0.3, 0.4) is 0 Å². The van der Waals surface area contributed by atoms with Crippen molar-refractivity contribution in [2.75, 3.05) is 67.8 Å². The van der Waals surface area contributed by atoms with Crippen LogP contribution in [0.15, 0.2) is 127 Å². The number of carbonyl (C=O) groups is 4. The molecule has 4 amide bonds. The Bertz CT molecular complexity index is 3940. The Hall–Kier alpha value is -8.90. The van der Waals surface area contributed by atoms with E-state index in [4.69, 9.17) is 37.7 Å². The average molecular weight is 1250 g/mol. The fourth-order valence-corrected chi connectivity index (χ4v) is 12.2. The number of pyridine rings is 1. The summed E-state index contributed by atoms with van der Waals surface area (Å²) >= 11 is 12.5. The molecule has 2 saturated heterocycles. The molecule has 22 heteroatoms. The predicted molar refractivity (Wildman–Crippen MR) is 343 cm³/mol. The van der Waals surface area contributed by atoms with Crippen molar-refractivity contribution in [1.29, 1.82) is 5.26 Å². The number of piperazine rings is 1. The molecule has 0 bridgehead atoms. The zero-order valence-corrected chi connectivity index (χ0v) is 52.0. The number of aromatic nitrogens is 3. The van der Waals surface area contributed by atoms with Crippen LogP contribution in [0.1, 0.15) is 98.7 Å². The summed E-state index contributed by atoms with van der Waals surface area (Å²) in [5.74, 6) is -3.21. The molecule has 18 nitrogen and oxygen atoms in total. The number of nitriles is 1. The van der Waals surface area contributed by atoms with Gasteiger partial charge in [0.05, 0.1) is 48.4 Å². The standard InChI is InChI=1S/C67H71Cl2F2N11O7/c1-8-56(83)75-43-16-14-17-45(35-43)82-58(85)32-40(2)47-38-74-65(79-62(47)82)77-52-26-23-44(36-54(52)89-7)80-28-30-81(31-29-80)57(84)20-12-10-9-11-13-27-73-63(86)41-21-25-51(53(33-41)88-6)76-64(87)61-59(46-18-15-19-49(69)60(46)71)67(39-72,55(78-61)37-66(3,4)5)48-24-22-42(68)34-50(48)70/h8,14-19,21-26,32-36,38,55,59,61,78H,1,9-13,20,27-31,37H2,2-7H3,(H,73,86)(H,75,83)(H,76,87)(H,74,77,79). The van der Waals surface area contributed by atoms with Gasteiger partial charge in [-0.3, -0.25) is 28.5 Å². The molecular formula is C67H71Cl2F2N11O7. The van der Waals surface area contributed by atoms with Crippen LogP contribution in [0.5, 0.6) is 11.5 Å². The minimum absolute atomic E-state index is 0.0451. The van der Waals surface area contributed by atoms with E-state index < -0.39 is 46.4 Å². The van der Waals surface area contributed by atoms with Crippen molar-refractivity contribution in [2.24, 2.45) is 5.41 Å². The highest BCUT2D eigenvalue weighted by molar-refractivity contribution is 6.31. The lowest BCUT2D eigenvalue weighted by molar-refractivity contribution is -0.131. The lowest BCUT2D eigenvalue weighted by Crippen LogP contribution is -2.48. The third kappa shape index (κ3) is 14.5. The highest BCUT2D eigenvalue weighted by atomic mass is 35.5. The van der Waals surface area contributed by atoms with Crippen LogP contribution < -0.4 is 46.5 Å². The summed E-state index contributed by atoms with van der Waals surface area (Å²) in [6, 6.07) is 27.3. The second-order valence-corrected chi connectivity index (χ2v) is 24.3. The number of nitrogens with one attached hydrogen (secondary N) is 5. The summed E-state index contributed by atoms with van der Waals surface area (Å²) < 4.78 is 45.3. The number of aryl methyl sites for hydroxylation is 1. The van der Waals surface area contributed by atoms with Gasteiger partial charge in [-0.15, -0.1) is 0 Å². The van der Waals surface area contributed by atoms with Gasteiger partial charge in [-0.25, -0.2) is 13.8 Å². The van der Waals surface area contributed by atoms with Gasteiger partial charge >= 0.3 is 0 Å². The van der Waals surface area contributed by atoms with Crippen LogP contribution in [0.2, 0.25) is 10.0 Å². The minimum atomic E-state index is -1.82. The van der Waals surface area contributed by atoms with Crippen molar-refractivity contribution in [3.8, 4) is 23.3 Å². The van der Waals surface area contributed by atoms with E-state index in [1.807, 2.05) is 50.8 Å². The Morgan fingerprint density at radius 2 is 1.57 bits per heavy atom. The third-order valence-electron chi connectivity index (χ3n) is 16.3. The molecule has 2 aliphatic heterocycles. The number of anilines is 5. The smallest absolute Gasteiger partial charge is 0.257 e. The fourth-order valence-electron chi connectivity index (χ4n) is 11.9. The Kier molecular flexibility index (Phi) is 20.4. The number of nitrogens with zero attached hydrogens (tertiary/aromatic N) is 6. The number of hydrogen-bond acceptors (Lipinski definition) is 13. The van der Waals surface area contributed by atoms with Gasteiger partial charge < -0.3 is 45.9 Å². The topological polar surface area (TPSA) is 225 Å². The van der Waals surface area contributed by atoms with Crippen LogP contribution in [0.4, 0.5) is 37.5 Å². The van der Waals surface area contributed by atoms with Crippen LogP contribution >= 0.6 is 23.2 Å². The molecule has 7 aromatic rings. The van der Waals surface area contributed by atoms with Gasteiger partial charge in [0, 0.05) is 102 Å². The van der Waals surface area contributed by atoms with Crippen LogP contribution in [0.25, 0.3) is 16.7 Å². The van der Waals surface area contributed by atoms with Gasteiger partial charge in [0.25, 0.3) is 11.5 Å². The van der Waals surface area contributed by atoms with Gasteiger partial charge in [-0.1, -0.05) is 94.1 Å². The summed E-state index contributed by atoms with van der Waals surface area (Å²) in [5.41, 5.74) is 1.46. The van der Waals surface area contributed by atoms with Crippen LogP contribution in [-0.2, 0) is 19.8 Å². The number of rotatable bonds is 22. The fraction of sp³-hybridized carbons (Fsp3) is 0.343. The monoisotopic (exact) mass is 1250 g/mol. The van der Waals surface area contributed by atoms with E-state index in [1.54, 1.807) is 43.6 Å². The predicted octanol–water partition coefficient (Wildman–Crippen LogP) is 11.9. The second-order valence-electron chi connectivity index (χ2n) is 23.4. The first-order valence-electron chi connectivity index (χ1n) is 29.4. The maximum atomic E-state index is 16.2. The minimum Gasteiger partial charge on any atom is -0.495 e. The van der Waals surface area contributed by atoms with Crippen molar-refractivity contribution in [3.05, 3.63) is 176 Å². The number of benzene rings is 5. The molecule has 464 valence electrons. The zero-order chi connectivity index (χ0) is 63.7. The number of ether oxygens (including phenoxy) is 2. The number of halogens is 4. The van der Waals surface area contributed by atoms with Crippen molar-refractivity contribution in [2.45, 2.75) is 96.1 Å². The second kappa shape index (κ2) is 28.1. The number of fused-ring (bicyclic) bond motifs is 1. The van der Waals surface area contributed by atoms with E-state index in [2.05, 4.69) is 49.1 Å². The molecule has 2 aliphatic rings. The first-order valence-corrected chi connectivity index (χ1v) is 30.2. The normalized spacial score (nSPS) is 17.4. The number of carbonyl (C=O) groups excluding carboxylic acids is 4. The largest absolute Gasteiger partial charge is 0.495 e. The van der Waals surface area contributed by atoms with Crippen molar-refractivity contribution >= 4 is 86.6 Å². The highest BCUT2D eigenvalue weighted by Gasteiger charge is 2.61. The van der Waals surface area contributed by atoms with E-state index in [-0.39, 0.29) is 67.4 Å². The summed E-state index contributed by atoms with van der Waals surface area (Å²) in [4.78, 5) is 80.2. The van der Waals surface area contributed by atoms with Crippen molar-refractivity contribution < 1.29 is 37.4 Å². The Morgan fingerprint density at radius 3 is 2.29 bits per heavy atom. The molecular weight excluding hydrogens is 1180 g/mol. The van der Waals surface area contributed by atoms with Crippen molar-refractivity contribution in [1.82, 2.24) is 30.1 Å². The van der Waals surface area contributed by atoms with E-state index in [0.717, 1.165) is 37.4 Å². The van der Waals surface area contributed by atoms with Gasteiger partial charge in [-0.05, 0) is 116 Å². The number of unbranched alkanes of at least 4 members (excludes halogenated alkanes) is 4. The van der Waals surface area contributed by atoms with Crippen LogP contribution in [0, 0.1) is 35.3 Å². The molecule has 5 N–H and O–H groups in total. The maximum Gasteiger partial charge on any atom is 0.257 e. The highest BCUT2D eigenvalue weighted by Crippen LogP contribution is 2.53.